The molecule has 0 unspecified atom stereocenters. The molecule has 3 rings (SSSR count). The molecule has 0 saturated carbocycles. The van der Waals surface area contributed by atoms with Gasteiger partial charge < -0.3 is 14.8 Å². The Morgan fingerprint density at radius 2 is 1.83 bits per heavy atom. The highest BCUT2D eigenvalue weighted by Crippen LogP contribution is 2.38. The van der Waals surface area contributed by atoms with E-state index < -0.39 is 0 Å². The number of carbonyl (C=O) groups is 1. The minimum atomic E-state index is -0.170. The molecule has 0 aromatic heterocycles. The second-order valence-corrected chi connectivity index (χ2v) is 6.58. The van der Waals surface area contributed by atoms with Gasteiger partial charge in [0.05, 0.1) is 22.2 Å². The van der Waals surface area contributed by atoms with Crippen LogP contribution in [-0.4, -0.2) is 19.1 Å². The molecule has 126 valence electrons. The Kier molecular flexibility index (Phi) is 4.88. The number of hydrogen-bond donors (Lipinski definition) is 1. The lowest BCUT2D eigenvalue weighted by Gasteiger charge is -2.20. The number of ether oxygens (including phenoxy) is 2. The Labute approximate surface area is 150 Å². The molecule has 0 atom stereocenters. The van der Waals surface area contributed by atoms with Gasteiger partial charge in [0.25, 0.3) is 0 Å². The van der Waals surface area contributed by atoms with Crippen molar-refractivity contribution in [2.45, 2.75) is 20.3 Å². The van der Waals surface area contributed by atoms with Crippen LogP contribution in [0.15, 0.2) is 24.3 Å². The maximum atomic E-state index is 12.4. The van der Waals surface area contributed by atoms with Gasteiger partial charge in [-0.1, -0.05) is 29.3 Å². The van der Waals surface area contributed by atoms with Gasteiger partial charge in [0.2, 0.25) is 5.91 Å². The average Bonchev–Trinajstić information content (AvgIpc) is 2.51. The van der Waals surface area contributed by atoms with E-state index in [1.165, 1.54) is 0 Å². The van der Waals surface area contributed by atoms with Crippen LogP contribution < -0.4 is 14.8 Å². The second-order valence-electron chi connectivity index (χ2n) is 5.77. The Morgan fingerprint density at radius 3 is 2.58 bits per heavy atom. The van der Waals surface area contributed by atoms with Crippen LogP contribution in [0.2, 0.25) is 10.0 Å². The Morgan fingerprint density at radius 1 is 1.08 bits per heavy atom. The van der Waals surface area contributed by atoms with Crippen LogP contribution in [0, 0.1) is 13.8 Å². The van der Waals surface area contributed by atoms with Crippen molar-refractivity contribution >= 4 is 34.8 Å². The molecular weight excluding hydrogens is 349 g/mol. The Bertz CT molecular complexity index is 782. The number of rotatable bonds is 3. The van der Waals surface area contributed by atoms with Crippen molar-refractivity contribution in [3.8, 4) is 11.5 Å². The van der Waals surface area contributed by atoms with Gasteiger partial charge in [0.1, 0.15) is 13.2 Å². The lowest BCUT2D eigenvalue weighted by molar-refractivity contribution is -0.115. The van der Waals surface area contributed by atoms with Crippen molar-refractivity contribution in [2.24, 2.45) is 0 Å². The second kappa shape index (κ2) is 6.91. The molecule has 1 aliphatic heterocycles. The summed E-state index contributed by atoms with van der Waals surface area (Å²) in [6.45, 7) is 4.81. The summed E-state index contributed by atoms with van der Waals surface area (Å²) < 4.78 is 11.0. The van der Waals surface area contributed by atoms with E-state index in [1.54, 1.807) is 12.1 Å². The maximum Gasteiger partial charge on any atom is 0.228 e. The maximum absolute atomic E-state index is 12.4. The van der Waals surface area contributed by atoms with Crippen molar-refractivity contribution in [2.75, 3.05) is 18.5 Å². The third-order valence-electron chi connectivity index (χ3n) is 3.72. The van der Waals surface area contributed by atoms with E-state index in [0.29, 0.717) is 40.4 Å². The number of nitrogens with one attached hydrogen (secondary N) is 1. The van der Waals surface area contributed by atoms with Crippen molar-refractivity contribution in [1.82, 2.24) is 0 Å². The third-order valence-corrected chi connectivity index (χ3v) is 4.30. The smallest absolute Gasteiger partial charge is 0.228 e. The first kappa shape index (κ1) is 16.9. The molecular formula is C18H17Cl2NO3. The number of halogens is 2. The van der Waals surface area contributed by atoms with Gasteiger partial charge in [-0.05, 0) is 48.7 Å². The first-order valence-electron chi connectivity index (χ1n) is 7.58. The normalized spacial score (nSPS) is 12.8. The number of hydrogen-bond acceptors (Lipinski definition) is 3. The highest BCUT2D eigenvalue weighted by molar-refractivity contribution is 6.34. The molecule has 1 heterocycles. The van der Waals surface area contributed by atoms with E-state index in [2.05, 4.69) is 5.32 Å². The standard InChI is InChI=1S/C18H17Cl2NO3/c1-10-5-11(2)17(13(19)6-10)21-16(22)9-12-7-14(20)18-15(8-12)23-3-4-24-18/h5-8H,3-4,9H2,1-2H3,(H,21,22). The van der Waals surface area contributed by atoms with E-state index in [1.807, 2.05) is 26.0 Å². The molecule has 0 aliphatic carbocycles. The zero-order chi connectivity index (χ0) is 17.3. The number of fused-ring (bicyclic) bond motifs is 1. The fraction of sp³-hybridized carbons (Fsp3) is 0.278. The third kappa shape index (κ3) is 3.60. The highest BCUT2D eigenvalue weighted by atomic mass is 35.5. The molecule has 1 amide bonds. The largest absolute Gasteiger partial charge is 0.486 e. The molecule has 2 aromatic carbocycles. The van der Waals surface area contributed by atoms with Gasteiger partial charge in [-0.25, -0.2) is 0 Å². The summed E-state index contributed by atoms with van der Waals surface area (Å²) in [5, 5.41) is 3.84. The minimum Gasteiger partial charge on any atom is -0.486 e. The quantitative estimate of drug-likeness (QED) is 0.866. The molecule has 0 spiro atoms. The number of aryl methyl sites for hydroxylation is 2. The van der Waals surface area contributed by atoms with E-state index in [9.17, 15) is 4.79 Å². The lowest BCUT2D eigenvalue weighted by Crippen LogP contribution is -2.18. The molecule has 0 saturated heterocycles. The molecule has 2 aromatic rings. The Balaban J connectivity index is 1.77. The molecule has 0 bridgehead atoms. The van der Waals surface area contributed by atoms with Crippen molar-refractivity contribution < 1.29 is 14.3 Å². The number of anilines is 1. The first-order valence-corrected chi connectivity index (χ1v) is 8.34. The van der Waals surface area contributed by atoms with Crippen LogP contribution >= 0.6 is 23.2 Å². The minimum absolute atomic E-state index is 0.167. The van der Waals surface area contributed by atoms with E-state index >= 15 is 0 Å². The van der Waals surface area contributed by atoms with Crippen molar-refractivity contribution in [3.05, 3.63) is 51.0 Å². The van der Waals surface area contributed by atoms with Gasteiger partial charge in [-0.15, -0.1) is 0 Å². The molecule has 24 heavy (non-hydrogen) atoms. The molecule has 4 nitrogen and oxygen atoms in total. The van der Waals surface area contributed by atoms with Gasteiger partial charge in [0.15, 0.2) is 11.5 Å². The molecule has 1 N–H and O–H groups in total. The predicted molar refractivity (Wildman–Crippen MR) is 95.7 cm³/mol. The van der Waals surface area contributed by atoms with Gasteiger partial charge in [-0.2, -0.15) is 0 Å². The number of amides is 1. The summed E-state index contributed by atoms with van der Waals surface area (Å²) in [5.74, 6) is 0.933. The summed E-state index contributed by atoms with van der Waals surface area (Å²) in [6, 6.07) is 7.30. The summed E-state index contributed by atoms with van der Waals surface area (Å²) >= 11 is 12.4. The summed E-state index contributed by atoms with van der Waals surface area (Å²) in [5.41, 5.74) is 3.36. The van der Waals surface area contributed by atoms with Crippen LogP contribution in [0.5, 0.6) is 11.5 Å². The molecule has 0 fully saturated rings. The van der Waals surface area contributed by atoms with E-state index in [-0.39, 0.29) is 12.3 Å². The van der Waals surface area contributed by atoms with Crippen molar-refractivity contribution in [3.63, 3.8) is 0 Å². The zero-order valence-electron chi connectivity index (χ0n) is 13.4. The van der Waals surface area contributed by atoms with Crippen LogP contribution in [-0.2, 0) is 11.2 Å². The van der Waals surface area contributed by atoms with Crippen LogP contribution in [0.1, 0.15) is 16.7 Å². The summed E-state index contributed by atoms with van der Waals surface area (Å²) in [6.07, 6.45) is 0.167. The SMILES string of the molecule is Cc1cc(C)c(NC(=O)Cc2cc(Cl)c3c(c2)OCCO3)c(Cl)c1. The molecule has 0 radical (unpaired) electrons. The fourth-order valence-corrected chi connectivity index (χ4v) is 3.37. The monoisotopic (exact) mass is 365 g/mol. The molecule has 1 aliphatic rings. The predicted octanol–water partition coefficient (Wildman–Crippen LogP) is 4.56. The van der Waals surface area contributed by atoms with E-state index in [4.69, 9.17) is 32.7 Å². The lowest BCUT2D eigenvalue weighted by atomic mass is 10.1. The Hall–Kier alpha value is -1.91. The first-order chi connectivity index (χ1) is 11.4. The van der Waals surface area contributed by atoms with Crippen LogP contribution in [0.3, 0.4) is 0 Å². The molecule has 6 heteroatoms. The fourth-order valence-electron chi connectivity index (χ4n) is 2.71. The van der Waals surface area contributed by atoms with Gasteiger partial charge >= 0.3 is 0 Å². The van der Waals surface area contributed by atoms with Gasteiger partial charge in [-0.3, -0.25) is 4.79 Å². The zero-order valence-corrected chi connectivity index (χ0v) is 14.9. The van der Waals surface area contributed by atoms with Crippen LogP contribution in [0.25, 0.3) is 0 Å². The summed E-state index contributed by atoms with van der Waals surface area (Å²) in [4.78, 5) is 12.4. The average molecular weight is 366 g/mol. The topological polar surface area (TPSA) is 47.6 Å². The van der Waals surface area contributed by atoms with Gasteiger partial charge in [0, 0.05) is 0 Å². The van der Waals surface area contributed by atoms with E-state index in [0.717, 1.165) is 16.7 Å². The van der Waals surface area contributed by atoms with Crippen LogP contribution in [0.4, 0.5) is 5.69 Å². The highest BCUT2D eigenvalue weighted by Gasteiger charge is 2.18. The van der Waals surface area contributed by atoms with Crippen molar-refractivity contribution in [1.29, 1.82) is 0 Å². The summed E-state index contributed by atoms with van der Waals surface area (Å²) in [7, 11) is 0. The number of benzene rings is 2. The number of carbonyl (C=O) groups excluding carboxylic acids is 1.